The Morgan fingerprint density at radius 2 is 2.13 bits per heavy atom. The lowest BCUT2D eigenvalue weighted by Crippen LogP contribution is -2.45. The Balaban J connectivity index is 2.49. The summed E-state index contributed by atoms with van der Waals surface area (Å²) >= 11 is 0. The molecule has 0 aromatic heterocycles. The second-order valence-electron chi connectivity index (χ2n) is 4.27. The van der Waals surface area contributed by atoms with Crippen LogP contribution in [-0.2, 0) is 14.6 Å². The van der Waals surface area contributed by atoms with Crippen LogP contribution in [0.25, 0.3) is 0 Å². The third-order valence-corrected chi connectivity index (χ3v) is 4.77. The molecule has 1 atom stereocenters. The van der Waals surface area contributed by atoms with Crippen molar-refractivity contribution < 1.29 is 13.2 Å². The average molecular weight is 233 g/mol. The van der Waals surface area contributed by atoms with Crippen molar-refractivity contribution in [2.75, 3.05) is 18.1 Å². The van der Waals surface area contributed by atoms with E-state index in [2.05, 4.69) is 5.32 Å². The first-order chi connectivity index (χ1) is 6.90. The number of nitrogens with one attached hydrogen (secondary N) is 1. The summed E-state index contributed by atoms with van der Waals surface area (Å²) < 4.78 is 22.5. The SMILES string of the molecule is CCS(=O)(=O)CCC(=O)C1(C)CCCN1. The molecule has 15 heavy (non-hydrogen) atoms. The topological polar surface area (TPSA) is 63.2 Å². The number of hydrogen-bond donors (Lipinski definition) is 1. The minimum absolute atomic E-state index is 0.0143. The molecule has 1 aliphatic rings. The monoisotopic (exact) mass is 233 g/mol. The molecule has 5 heteroatoms. The van der Waals surface area contributed by atoms with E-state index in [0.717, 1.165) is 19.4 Å². The van der Waals surface area contributed by atoms with E-state index in [1.807, 2.05) is 6.92 Å². The first-order valence-electron chi connectivity index (χ1n) is 5.38. The van der Waals surface area contributed by atoms with Gasteiger partial charge in [-0.2, -0.15) is 0 Å². The summed E-state index contributed by atoms with van der Waals surface area (Å²) in [5.41, 5.74) is -0.483. The Morgan fingerprint density at radius 1 is 1.47 bits per heavy atom. The quantitative estimate of drug-likeness (QED) is 0.752. The second kappa shape index (κ2) is 4.61. The standard InChI is InChI=1S/C10H19NO3S/c1-3-15(13,14)8-5-9(12)10(2)6-4-7-11-10/h11H,3-8H2,1-2H3. The lowest BCUT2D eigenvalue weighted by molar-refractivity contribution is -0.123. The zero-order valence-electron chi connectivity index (χ0n) is 9.38. The molecule has 0 bridgehead atoms. The van der Waals surface area contributed by atoms with Gasteiger partial charge >= 0.3 is 0 Å². The van der Waals surface area contributed by atoms with Gasteiger partial charge in [-0.25, -0.2) is 8.42 Å². The van der Waals surface area contributed by atoms with E-state index >= 15 is 0 Å². The van der Waals surface area contributed by atoms with Crippen LogP contribution in [-0.4, -0.2) is 37.8 Å². The first-order valence-corrected chi connectivity index (χ1v) is 7.20. The summed E-state index contributed by atoms with van der Waals surface area (Å²) in [6.45, 7) is 4.32. The molecular weight excluding hydrogens is 214 g/mol. The fourth-order valence-corrected chi connectivity index (χ4v) is 2.59. The number of sulfone groups is 1. The van der Waals surface area contributed by atoms with E-state index in [9.17, 15) is 13.2 Å². The maximum absolute atomic E-state index is 11.8. The Hall–Kier alpha value is -0.420. The van der Waals surface area contributed by atoms with E-state index in [1.54, 1.807) is 6.92 Å². The van der Waals surface area contributed by atoms with E-state index < -0.39 is 15.4 Å². The van der Waals surface area contributed by atoms with Crippen molar-refractivity contribution >= 4 is 15.6 Å². The molecule has 1 aliphatic heterocycles. The molecule has 1 fully saturated rings. The van der Waals surface area contributed by atoms with Crippen LogP contribution in [0.1, 0.15) is 33.1 Å². The molecule has 88 valence electrons. The van der Waals surface area contributed by atoms with Gasteiger partial charge in [0.1, 0.15) is 9.84 Å². The maximum Gasteiger partial charge on any atom is 0.153 e. The number of carbonyl (C=O) groups excluding carboxylic acids is 1. The molecule has 0 radical (unpaired) electrons. The molecule has 0 aromatic rings. The summed E-state index contributed by atoms with van der Waals surface area (Å²) in [4.78, 5) is 11.8. The zero-order chi connectivity index (χ0) is 11.5. The summed E-state index contributed by atoms with van der Waals surface area (Å²) in [7, 11) is -3.02. The van der Waals surface area contributed by atoms with Crippen LogP contribution in [0, 0.1) is 0 Å². The molecule has 0 saturated carbocycles. The molecule has 0 aromatic carbocycles. The van der Waals surface area contributed by atoms with Gasteiger partial charge in [0, 0.05) is 12.2 Å². The van der Waals surface area contributed by atoms with Gasteiger partial charge in [0.2, 0.25) is 0 Å². The van der Waals surface area contributed by atoms with Crippen LogP contribution in [0.2, 0.25) is 0 Å². The van der Waals surface area contributed by atoms with Crippen LogP contribution in [0.4, 0.5) is 0 Å². The van der Waals surface area contributed by atoms with E-state index in [0.29, 0.717) is 0 Å². The molecule has 1 N–H and O–H groups in total. The zero-order valence-corrected chi connectivity index (χ0v) is 10.2. The summed E-state index contributed by atoms with van der Waals surface area (Å²) in [5, 5.41) is 3.14. The second-order valence-corrected chi connectivity index (χ2v) is 6.74. The number of ketones is 1. The lowest BCUT2D eigenvalue weighted by Gasteiger charge is -2.22. The third kappa shape index (κ3) is 3.28. The van der Waals surface area contributed by atoms with Crippen LogP contribution in [0.3, 0.4) is 0 Å². The largest absolute Gasteiger partial charge is 0.305 e. The Labute approximate surface area is 91.4 Å². The summed E-state index contributed by atoms with van der Waals surface area (Å²) in [6.07, 6.45) is 1.94. The molecule has 0 spiro atoms. The van der Waals surface area contributed by atoms with Crippen molar-refractivity contribution in [3.63, 3.8) is 0 Å². The molecule has 1 saturated heterocycles. The lowest BCUT2D eigenvalue weighted by atomic mass is 9.93. The number of Topliss-reactive ketones (excluding diaryl/α,β-unsaturated/α-hetero) is 1. The fourth-order valence-electron chi connectivity index (χ4n) is 1.80. The van der Waals surface area contributed by atoms with Crippen molar-refractivity contribution in [1.82, 2.24) is 5.32 Å². The molecule has 1 heterocycles. The highest BCUT2D eigenvalue weighted by Crippen LogP contribution is 2.21. The van der Waals surface area contributed by atoms with Crippen molar-refractivity contribution in [2.24, 2.45) is 0 Å². The van der Waals surface area contributed by atoms with E-state index in [-0.39, 0.29) is 23.7 Å². The third-order valence-electron chi connectivity index (χ3n) is 3.06. The molecule has 0 aliphatic carbocycles. The van der Waals surface area contributed by atoms with E-state index in [1.165, 1.54) is 0 Å². The Kier molecular flexibility index (Phi) is 3.89. The maximum atomic E-state index is 11.8. The predicted octanol–water partition coefficient (Wildman–Crippen LogP) is 0.522. The number of carbonyl (C=O) groups is 1. The smallest absolute Gasteiger partial charge is 0.153 e. The van der Waals surface area contributed by atoms with Crippen LogP contribution < -0.4 is 5.32 Å². The summed E-state index contributed by atoms with van der Waals surface area (Å²) in [5.74, 6) is 0.126. The van der Waals surface area contributed by atoms with Gasteiger partial charge in [-0.3, -0.25) is 4.79 Å². The molecule has 1 rings (SSSR count). The predicted molar refractivity (Wildman–Crippen MR) is 59.6 cm³/mol. The van der Waals surface area contributed by atoms with Crippen LogP contribution in [0.5, 0.6) is 0 Å². The first kappa shape index (κ1) is 12.6. The fraction of sp³-hybridized carbons (Fsp3) is 0.900. The summed E-state index contributed by atoms with van der Waals surface area (Å²) in [6, 6.07) is 0. The highest BCUT2D eigenvalue weighted by atomic mass is 32.2. The minimum atomic E-state index is -3.02. The van der Waals surface area contributed by atoms with Gasteiger partial charge in [0.25, 0.3) is 0 Å². The van der Waals surface area contributed by atoms with Crippen molar-refractivity contribution in [2.45, 2.75) is 38.6 Å². The van der Waals surface area contributed by atoms with Gasteiger partial charge < -0.3 is 5.32 Å². The molecule has 4 nitrogen and oxygen atoms in total. The normalized spacial score (nSPS) is 26.8. The average Bonchev–Trinajstić information content (AvgIpc) is 2.63. The molecule has 1 unspecified atom stereocenters. The van der Waals surface area contributed by atoms with Gasteiger partial charge in [-0.1, -0.05) is 6.92 Å². The van der Waals surface area contributed by atoms with Crippen molar-refractivity contribution in [1.29, 1.82) is 0 Å². The van der Waals surface area contributed by atoms with Gasteiger partial charge in [-0.05, 0) is 26.3 Å². The van der Waals surface area contributed by atoms with Gasteiger partial charge in [0.05, 0.1) is 11.3 Å². The minimum Gasteiger partial charge on any atom is -0.305 e. The highest BCUT2D eigenvalue weighted by molar-refractivity contribution is 7.91. The van der Waals surface area contributed by atoms with Crippen molar-refractivity contribution in [3.8, 4) is 0 Å². The number of rotatable bonds is 5. The highest BCUT2D eigenvalue weighted by Gasteiger charge is 2.35. The number of hydrogen-bond acceptors (Lipinski definition) is 4. The van der Waals surface area contributed by atoms with Crippen LogP contribution in [0.15, 0.2) is 0 Å². The van der Waals surface area contributed by atoms with E-state index in [4.69, 9.17) is 0 Å². The molecule has 0 amide bonds. The van der Waals surface area contributed by atoms with Gasteiger partial charge in [-0.15, -0.1) is 0 Å². The van der Waals surface area contributed by atoms with Crippen LogP contribution >= 0.6 is 0 Å². The molecular formula is C10H19NO3S. The van der Waals surface area contributed by atoms with Gasteiger partial charge in [0.15, 0.2) is 5.78 Å². The Bertz CT molecular complexity index is 329. The Morgan fingerprint density at radius 3 is 2.60 bits per heavy atom. The van der Waals surface area contributed by atoms with Crippen molar-refractivity contribution in [3.05, 3.63) is 0 Å².